The Morgan fingerprint density at radius 2 is 2.05 bits per heavy atom. The van der Waals surface area contributed by atoms with E-state index >= 15 is 0 Å². The lowest BCUT2D eigenvalue weighted by atomic mass is 10.1. The molecule has 104 valence electrons. The summed E-state index contributed by atoms with van der Waals surface area (Å²) in [6, 6.07) is 5.23. The molecule has 19 heavy (non-hydrogen) atoms. The first-order valence-electron chi connectivity index (χ1n) is 6.15. The second-order valence-electron chi connectivity index (χ2n) is 4.21. The van der Waals surface area contributed by atoms with Gasteiger partial charge in [0.15, 0.2) is 0 Å². The number of carboxylic acids is 1. The number of nitrogens with zero attached hydrogens (tertiary/aromatic N) is 1. The van der Waals surface area contributed by atoms with Crippen molar-refractivity contribution in [2.75, 3.05) is 20.2 Å². The molecule has 0 saturated carbocycles. The van der Waals surface area contributed by atoms with Crippen LogP contribution in [0.1, 0.15) is 29.3 Å². The fourth-order valence-corrected chi connectivity index (χ4v) is 1.81. The number of aliphatic carboxylic acids is 1. The number of aryl methyl sites for hydroxylation is 1. The molecule has 0 aromatic heterocycles. The third-order valence-corrected chi connectivity index (χ3v) is 2.93. The molecule has 1 aromatic carbocycles. The van der Waals surface area contributed by atoms with Crippen LogP contribution in [0.3, 0.4) is 0 Å². The molecular formula is C14H19NO4. The third-order valence-electron chi connectivity index (χ3n) is 2.93. The number of benzene rings is 1. The summed E-state index contributed by atoms with van der Waals surface area (Å²) in [5.41, 5.74) is 1.39. The molecule has 1 rings (SSSR count). The summed E-state index contributed by atoms with van der Waals surface area (Å²) >= 11 is 0. The Bertz CT molecular complexity index is 471. The standard InChI is InChI=1S/C14H19NO4/c1-4-15(8-7-13(16)17)14(18)12-6-5-11(19-3)9-10(12)2/h5-6,9H,4,7-8H2,1-3H3,(H,16,17). The van der Waals surface area contributed by atoms with Crippen molar-refractivity contribution < 1.29 is 19.4 Å². The van der Waals surface area contributed by atoms with Crippen molar-refractivity contribution in [2.24, 2.45) is 0 Å². The molecule has 0 bridgehead atoms. The highest BCUT2D eigenvalue weighted by molar-refractivity contribution is 5.96. The molecule has 1 amide bonds. The van der Waals surface area contributed by atoms with E-state index in [-0.39, 0.29) is 18.9 Å². The Labute approximate surface area is 112 Å². The fraction of sp³-hybridized carbons (Fsp3) is 0.429. The van der Waals surface area contributed by atoms with E-state index in [1.54, 1.807) is 25.3 Å². The topological polar surface area (TPSA) is 66.8 Å². The second kappa shape index (κ2) is 6.78. The molecule has 0 aliphatic carbocycles. The van der Waals surface area contributed by atoms with E-state index in [9.17, 15) is 9.59 Å². The van der Waals surface area contributed by atoms with Gasteiger partial charge in [0, 0.05) is 18.7 Å². The summed E-state index contributed by atoms with van der Waals surface area (Å²) in [5, 5.41) is 8.68. The van der Waals surface area contributed by atoms with Crippen LogP contribution in [-0.2, 0) is 4.79 Å². The van der Waals surface area contributed by atoms with Crippen LogP contribution >= 0.6 is 0 Å². The van der Waals surface area contributed by atoms with Gasteiger partial charge in [0.05, 0.1) is 13.5 Å². The summed E-state index contributed by atoms with van der Waals surface area (Å²) in [5.74, 6) is -0.357. The van der Waals surface area contributed by atoms with Crippen molar-refractivity contribution in [1.82, 2.24) is 4.90 Å². The molecule has 0 heterocycles. The summed E-state index contributed by atoms with van der Waals surface area (Å²) in [6.45, 7) is 4.37. The van der Waals surface area contributed by atoms with Gasteiger partial charge in [0.1, 0.15) is 5.75 Å². The van der Waals surface area contributed by atoms with Gasteiger partial charge in [-0.2, -0.15) is 0 Å². The minimum atomic E-state index is -0.905. The Hall–Kier alpha value is -2.04. The fourth-order valence-electron chi connectivity index (χ4n) is 1.81. The quantitative estimate of drug-likeness (QED) is 0.853. The van der Waals surface area contributed by atoms with Crippen molar-refractivity contribution in [3.63, 3.8) is 0 Å². The van der Waals surface area contributed by atoms with E-state index in [2.05, 4.69) is 0 Å². The number of amides is 1. The zero-order valence-corrected chi connectivity index (χ0v) is 11.5. The first-order chi connectivity index (χ1) is 8.99. The van der Waals surface area contributed by atoms with Gasteiger partial charge >= 0.3 is 5.97 Å². The Morgan fingerprint density at radius 1 is 1.37 bits per heavy atom. The molecular weight excluding hydrogens is 246 g/mol. The molecule has 1 aromatic rings. The minimum Gasteiger partial charge on any atom is -0.497 e. The van der Waals surface area contributed by atoms with Crippen LogP contribution < -0.4 is 4.74 Å². The largest absolute Gasteiger partial charge is 0.497 e. The van der Waals surface area contributed by atoms with Crippen molar-refractivity contribution in [1.29, 1.82) is 0 Å². The van der Waals surface area contributed by atoms with Crippen molar-refractivity contribution in [3.8, 4) is 5.75 Å². The molecule has 0 spiro atoms. The molecule has 0 saturated heterocycles. The Morgan fingerprint density at radius 3 is 2.53 bits per heavy atom. The van der Waals surface area contributed by atoms with Crippen molar-refractivity contribution in [3.05, 3.63) is 29.3 Å². The molecule has 1 N–H and O–H groups in total. The van der Waals surface area contributed by atoms with Gasteiger partial charge in [-0.05, 0) is 37.6 Å². The Balaban J connectivity index is 2.88. The number of rotatable bonds is 6. The van der Waals surface area contributed by atoms with E-state index in [0.717, 1.165) is 5.56 Å². The van der Waals surface area contributed by atoms with Crippen LogP contribution in [0.4, 0.5) is 0 Å². The van der Waals surface area contributed by atoms with Crippen LogP contribution in [0, 0.1) is 6.92 Å². The zero-order valence-electron chi connectivity index (χ0n) is 11.5. The average Bonchev–Trinajstić information content (AvgIpc) is 2.38. The maximum Gasteiger partial charge on any atom is 0.305 e. The van der Waals surface area contributed by atoms with E-state index in [4.69, 9.17) is 9.84 Å². The number of carbonyl (C=O) groups excluding carboxylic acids is 1. The van der Waals surface area contributed by atoms with Gasteiger partial charge in [0.25, 0.3) is 5.91 Å². The average molecular weight is 265 g/mol. The lowest BCUT2D eigenvalue weighted by Gasteiger charge is -2.21. The number of methoxy groups -OCH3 is 1. The highest BCUT2D eigenvalue weighted by Crippen LogP contribution is 2.18. The summed E-state index contributed by atoms with van der Waals surface area (Å²) < 4.78 is 5.09. The zero-order chi connectivity index (χ0) is 14.4. The molecule has 0 atom stereocenters. The van der Waals surface area contributed by atoms with Crippen molar-refractivity contribution >= 4 is 11.9 Å². The lowest BCUT2D eigenvalue weighted by Crippen LogP contribution is -2.33. The molecule has 0 aliphatic rings. The van der Waals surface area contributed by atoms with E-state index in [1.807, 2.05) is 13.8 Å². The molecule has 0 radical (unpaired) electrons. The number of hydrogen-bond donors (Lipinski definition) is 1. The maximum absolute atomic E-state index is 12.3. The first kappa shape index (κ1) is 15.0. The van der Waals surface area contributed by atoms with Crippen LogP contribution in [0.25, 0.3) is 0 Å². The van der Waals surface area contributed by atoms with Crippen LogP contribution in [0.5, 0.6) is 5.75 Å². The molecule has 0 fully saturated rings. The highest BCUT2D eigenvalue weighted by atomic mass is 16.5. The SMILES string of the molecule is CCN(CCC(=O)O)C(=O)c1ccc(OC)cc1C. The maximum atomic E-state index is 12.3. The first-order valence-corrected chi connectivity index (χ1v) is 6.15. The van der Waals surface area contributed by atoms with E-state index in [1.165, 1.54) is 4.90 Å². The van der Waals surface area contributed by atoms with Crippen molar-refractivity contribution in [2.45, 2.75) is 20.3 Å². The van der Waals surface area contributed by atoms with Gasteiger partial charge in [-0.1, -0.05) is 0 Å². The van der Waals surface area contributed by atoms with Crippen LogP contribution in [-0.4, -0.2) is 42.1 Å². The normalized spacial score (nSPS) is 10.1. The molecule has 0 aliphatic heterocycles. The number of ether oxygens (including phenoxy) is 1. The Kier molecular flexibility index (Phi) is 5.36. The van der Waals surface area contributed by atoms with Gasteiger partial charge in [0.2, 0.25) is 0 Å². The van der Waals surface area contributed by atoms with Crippen LogP contribution in [0.15, 0.2) is 18.2 Å². The summed E-state index contributed by atoms with van der Waals surface area (Å²) in [6.07, 6.45) is -0.0468. The number of hydrogen-bond acceptors (Lipinski definition) is 3. The van der Waals surface area contributed by atoms with Gasteiger partial charge in [-0.3, -0.25) is 9.59 Å². The number of carboxylic acid groups (broad SMARTS) is 1. The summed E-state index contributed by atoms with van der Waals surface area (Å²) in [4.78, 5) is 24.4. The van der Waals surface area contributed by atoms with E-state index in [0.29, 0.717) is 17.9 Å². The molecule has 5 heteroatoms. The predicted molar refractivity (Wildman–Crippen MR) is 71.6 cm³/mol. The van der Waals surface area contributed by atoms with E-state index < -0.39 is 5.97 Å². The molecule has 0 unspecified atom stereocenters. The van der Waals surface area contributed by atoms with Gasteiger partial charge < -0.3 is 14.7 Å². The number of carbonyl (C=O) groups is 2. The third kappa shape index (κ3) is 3.98. The molecule has 5 nitrogen and oxygen atoms in total. The monoisotopic (exact) mass is 265 g/mol. The minimum absolute atomic E-state index is 0.0468. The van der Waals surface area contributed by atoms with Crippen LogP contribution in [0.2, 0.25) is 0 Å². The predicted octanol–water partition coefficient (Wildman–Crippen LogP) is 1.94. The van der Waals surface area contributed by atoms with Gasteiger partial charge in [-0.15, -0.1) is 0 Å². The highest BCUT2D eigenvalue weighted by Gasteiger charge is 2.17. The van der Waals surface area contributed by atoms with Gasteiger partial charge in [-0.25, -0.2) is 0 Å². The second-order valence-corrected chi connectivity index (χ2v) is 4.21. The smallest absolute Gasteiger partial charge is 0.305 e. The lowest BCUT2D eigenvalue weighted by molar-refractivity contribution is -0.137. The summed E-state index contributed by atoms with van der Waals surface area (Å²) in [7, 11) is 1.57.